The predicted octanol–water partition coefficient (Wildman–Crippen LogP) is 4.31. The first-order valence-electron chi connectivity index (χ1n) is 8.58. The third-order valence-electron chi connectivity index (χ3n) is 4.01. The van der Waals surface area contributed by atoms with Crippen LogP contribution in [0.15, 0.2) is 42.5 Å². The maximum atomic E-state index is 12.5. The molecule has 26 heavy (non-hydrogen) atoms. The summed E-state index contributed by atoms with van der Waals surface area (Å²) in [5, 5.41) is 8.81. The number of nitrogens with one attached hydrogen (secondary N) is 3. The zero-order chi connectivity index (χ0) is 19.1. The molecule has 0 fully saturated rings. The van der Waals surface area contributed by atoms with Crippen molar-refractivity contribution in [2.45, 2.75) is 33.7 Å². The largest absolute Gasteiger partial charge is 0.450 e. The summed E-state index contributed by atoms with van der Waals surface area (Å²) >= 11 is 0. The minimum Gasteiger partial charge on any atom is -0.450 e. The van der Waals surface area contributed by atoms with Crippen LogP contribution in [0.4, 0.5) is 21.9 Å². The van der Waals surface area contributed by atoms with Gasteiger partial charge in [0.1, 0.15) is 6.04 Å². The Morgan fingerprint density at radius 3 is 2.31 bits per heavy atom. The van der Waals surface area contributed by atoms with Crippen LogP contribution in [-0.4, -0.2) is 24.6 Å². The highest BCUT2D eigenvalue weighted by Gasteiger charge is 2.16. The SMILES string of the molecule is CCOC(=O)Nc1cccc(N[C@@H](C)C(=O)Nc2ccccc2C)c1C. The molecule has 0 aliphatic carbocycles. The van der Waals surface area contributed by atoms with Crippen molar-refractivity contribution in [1.29, 1.82) is 0 Å². The second-order valence-electron chi connectivity index (χ2n) is 5.99. The molecule has 0 aromatic heterocycles. The van der Waals surface area contributed by atoms with Crippen LogP contribution < -0.4 is 16.0 Å². The molecule has 2 aromatic carbocycles. The molecule has 1 atom stereocenters. The van der Waals surface area contributed by atoms with Crippen LogP contribution in [0.3, 0.4) is 0 Å². The van der Waals surface area contributed by atoms with Gasteiger partial charge >= 0.3 is 6.09 Å². The summed E-state index contributed by atoms with van der Waals surface area (Å²) in [5.41, 5.74) is 4.04. The fourth-order valence-corrected chi connectivity index (χ4v) is 2.46. The second-order valence-corrected chi connectivity index (χ2v) is 5.99. The zero-order valence-electron chi connectivity index (χ0n) is 15.6. The van der Waals surface area contributed by atoms with Crippen LogP contribution in [0.1, 0.15) is 25.0 Å². The van der Waals surface area contributed by atoms with Crippen molar-refractivity contribution in [1.82, 2.24) is 0 Å². The van der Waals surface area contributed by atoms with Gasteiger partial charge in [-0.15, -0.1) is 0 Å². The third kappa shape index (κ3) is 4.99. The second kappa shape index (κ2) is 8.89. The number of aryl methyl sites for hydroxylation is 1. The average Bonchev–Trinajstić information content (AvgIpc) is 2.60. The molecule has 0 spiro atoms. The van der Waals surface area contributed by atoms with Crippen LogP contribution in [-0.2, 0) is 9.53 Å². The summed E-state index contributed by atoms with van der Waals surface area (Å²) in [6.45, 7) is 7.66. The fraction of sp³-hybridized carbons (Fsp3) is 0.300. The summed E-state index contributed by atoms with van der Waals surface area (Å²) in [5.74, 6) is -0.137. The number of carbonyl (C=O) groups is 2. The monoisotopic (exact) mass is 355 g/mol. The number of benzene rings is 2. The van der Waals surface area contributed by atoms with E-state index in [1.165, 1.54) is 0 Å². The maximum absolute atomic E-state index is 12.5. The number of rotatable bonds is 6. The molecule has 6 nitrogen and oxygen atoms in total. The first kappa shape index (κ1) is 19.3. The van der Waals surface area contributed by atoms with Gasteiger partial charge in [0.2, 0.25) is 5.91 Å². The Morgan fingerprint density at radius 1 is 0.962 bits per heavy atom. The molecule has 0 unspecified atom stereocenters. The topological polar surface area (TPSA) is 79.5 Å². The van der Waals surface area contributed by atoms with Gasteiger partial charge in [0.25, 0.3) is 0 Å². The van der Waals surface area contributed by atoms with Crippen molar-refractivity contribution in [2.75, 3.05) is 22.6 Å². The number of para-hydroxylation sites is 1. The molecule has 0 heterocycles. The molecule has 2 rings (SSSR count). The Kier molecular flexibility index (Phi) is 6.60. The van der Waals surface area contributed by atoms with Gasteiger partial charge in [-0.3, -0.25) is 10.1 Å². The van der Waals surface area contributed by atoms with E-state index in [9.17, 15) is 9.59 Å². The van der Waals surface area contributed by atoms with E-state index in [1.807, 2.05) is 50.2 Å². The molecule has 3 N–H and O–H groups in total. The van der Waals surface area contributed by atoms with Crippen LogP contribution in [0, 0.1) is 13.8 Å². The standard InChI is InChI=1S/C20H25N3O3/c1-5-26-20(25)23-18-12-8-11-17(14(18)3)21-15(4)19(24)22-16-10-7-6-9-13(16)2/h6-12,15,21H,5H2,1-4H3,(H,22,24)(H,23,25)/t15-/m0/s1. The molecule has 2 aromatic rings. The lowest BCUT2D eigenvalue weighted by molar-refractivity contribution is -0.116. The molecule has 0 aliphatic rings. The Bertz CT molecular complexity index is 790. The fourth-order valence-electron chi connectivity index (χ4n) is 2.46. The summed E-state index contributed by atoms with van der Waals surface area (Å²) in [7, 11) is 0. The third-order valence-corrected chi connectivity index (χ3v) is 4.01. The van der Waals surface area contributed by atoms with Gasteiger partial charge in [0, 0.05) is 17.1 Å². The predicted molar refractivity (Wildman–Crippen MR) is 105 cm³/mol. The lowest BCUT2D eigenvalue weighted by Crippen LogP contribution is -2.32. The van der Waals surface area contributed by atoms with E-state index in [0.717, 1.165) is 22.5 Å². The van der Waals surface area contributed by atoms with Gasteiger partial charge in [-0.1, -0.05) is 24.3 Å². The van der Waals surface area contributed by atoms with Gasteiger partial charge < -0.3 is 15.4 Å². The smallest absolute Gasteiger partial charge is 0.411 e. The number of amides is 2. The molecule has 0 radical (unpaired) electrons. The summed E-state index contributed by atoms with van der Waals surface area (Å²) in [6.07, 6.45) is -0.502. The number of ether oxygens (including phenoxy) is 1. The van der Waals surface area contributed by atoms with Crippen LogP contribution >= 0.6 is 0 Å². The van der Waals surface area contributed by atoms with E-state index in [2.05, 4.69) is 16.0 Å². The first-order valence-corrected chi connectivity index (χ1v) is 8.58. The number of hydrogen-bond donors (Lipinski definition) is 3. The molecule has 6 heteroatoms. The van der Waals surface area contributed by atoms with Gasteiger partial charge in [0.15, 0.2) is 0 Å². The zero-order valence-corrected chi connectivity index (χ0v) is 15.6. The highest BCUT2D eigenvalue weighted by molar-refractivity contribution is 5.97. The number of hydrogen-bond acceptors (Lipinski definition) is 4. The highest BCUT2D eigenvalue weighted by Crippen LogP contribution is 2.24. The van der Waals surface area contributed by atoms with Crippen molar-refractivity contribution in [2.24, 2.45) is 0 Å². The summed E-state index contributed by atoms with van der Waals surface area (Å²) in [4.78, 5) is 24.1. The number of carbonyl (C=O) groups excluding carboxylic acids is 2. The lowest BCUT2D eigenvalue weighted by atomic mass is 10.1. The maximum Gasteiger partial charge on any atom is 0.411 e. The molecule has 0 aliphatic heterocycles. The Labute approximate surface area is 153 Å². The van der Waals surface area contributed by atoms with E-state index >= 15 is 0 Å². The molecular formula is C20H25N3O3. The van der Waals surface area contributed by atoms with E-state index < -0.39 is 12.1 Å². The van der Waals surface area contributed by atoms with E-state index in [0.29, 0.717) is 12.3 Å². The molecule has 138 valence electrons. The molecular weight excluding hydrogens is 330 g/mol. The van der Waals surface area contributed by atoms with Crippen LogP contribution in [0.5, 0.6) is 0 Å². The molecule has 0 saturated heterocycles. The van der Waals surface area contributed by atoms with Crippen molar-refractivity contribution in [3.8, 4) is 0 Å². The van der Waals surface area contributed by atoms with E-state index in [-0.39, 0.29) is 5.91 Å². The Balaban J connectivity index is 2.06. The van der Waals surface area contributed by atoms with Crippen LogP contribution in [0.2, 0.25) is 0 Å². The Hall–Kier alpha value is -3.02. The van der Waals surface area contributed by atoms with Crippen molar-refractivity contribution < 1.29 is 14.3 Å². The van der Waals surface area contributed by atoms with E-state index in [1.54, 1.807) is 19.9 Å². The Morgan fingerprint density at radius 2 is 1.62 bits per heavy atom. The molecule has 0 saturated carbocycles. The highest BCUT2D eigenvalue weighted by atomic mass is 16.5. The minimum absolute atomic E-state index is 0.137. The van der Waals surface area contributed by atoms with Crippen LogP contribution in [0.25, 0.3) is 0 Å². The van der Waals surface area contributed by atoms with Crippen molar-refractivity contribution >= 4 is 29.1 Å². The molecule has 0 bridgehead atoms. The van der Waals surface area contributed by atoms with Gasteiger partial charge in [-0.25, -0.2) is 4.79 Å². The average molecular weight is 355 g/mol. The lowest BCUT2D eigenvalue weighted by Gasteiger charge is -2.19. The first-order chi connectivity index (χ1) is 12.4. The van der Waals surface area contributed by atoms with Gasteiger partial charge in [-0.05, 0) is 57.0 Å². The van der Waals surface area contributed by atoms with Crippen molar-refractivity contribution in [3.63, 3.8) is 0 Å². The number of anilines is 3. The minimum atomic E-state index is -0.502. The molecule has 2 amide bonds. The summed E-state index contributed by atoms with van der Waals surface area (Å²) in [6, 6.07) is 12.6. The normalized spacial score (nSPS) is 11.4. The van der Waals surface area contributed by atoms with Gasteiger partial charge in [-0.2, -0.15) is 0 Å². The van der Waals surface area contributed by atoms with Crippen molar-refractivity contribution in [3.05, 3.63) is 53.6 Å². The summed E-state index contributed by atoms with van der Waals surface area (Å²) < 4.78 is 4.90. The van der Waals surface area contributed by atoms with Gasteiger partial charge in [0.05, 0.1) is 6.61 Å². The van der Waals surface area contributed by atoms with E-state index in [4.69, 9.17) is 4.74 Å². The quantitative estimate of drug-likeness (QED) is 0.721.